The van der Waals surface area contributed by atoms with Gasteiger partial charge in [-0.15, -0.1) is 0 Å². The Balaban J connectivity index is 1.51. The van der Waals surface area contributed by atoms with Gasteiger partial charge in [0.2, 0.25) is 0 Å². The zero-order chi connectivity index (χ0) is 20.5. The van der Waals surface area contributed by atoms with Crippen molar-refractivity contribution in [1.82, 2.24) is 15.6 Å². The molecule has 156 valence electrons. The number of aryl methyl sites for hydroxylation is 1. The van der Waals surface area contributed by atoms with Gasteiger partial charge in [-0.3, -0.25) is 4.99 Å². The highest BCUT2D eigenvalue weighted by Gasteiger charge is 2.11. The summed E-state index contributed by atoms with van der Waals surface area (Å²) in [5.41, 5.74) is 3.42. The van der Waals surface area contributed by atoms with Gasteiger partial charge in [0.25, 0.3) is 0 Å². The fourth-order valence-corrected chi connectivity index (χ4v) is 3.59. The number of benzene rings is 1. The molecule has 0 aliphatic carbocycles. The van der Waals surface area contributed by atoms with Gasteiger partial charge in [-0.05, 0) is 43.0 Å². The minimum Gasteiger partial charge on any atom is -0.496 e. The molecule has 2 heterocycles. The van der Waals surface area contributed by atoms with Crippen LogP contribution >= 0.6 is 0 Å². The van der Waals surface area contributed by atoms with Crippen LogP contribution in [0.2, 0.25) is 0 Å². The van der Waals surface area contributed by atoms with Crippen molar-refractivity contribution in [3.63, 3.8) is 0 Å². The minimum absolute atomic E-state index is 0.648. The first kappa shape index (κ1) is 21.0. The maximum Gasteiger partial charge on any atom is 0.191 e. The number of ether oxygens (including phenoxy) is 1. The van der Waals surface area contributed by atoms with Crippen LogP contribution in [-0.4, -0.2) is 38.2 Å². The van der Waals surface area contributed by atoms with Crippen molar-refractivity contribution in [1.29, 1.82) is 0 Å². The van der Waals surface area contributed by atoms with Gasteiger partial charge in [0.1, 0.15) is 11.6 Å². The number of pyridine rings is 1. The molecule has 1 aromatic heterocycles. The van der Waals surface area contributed by atoms with Crippen molar-refractivity contribution >= 4 is 11.8 Å². The molecule has 1 fully saturated rings. The van der Waals surface area contributed by atoms with Gasteiger partial charge in [-0.25, -0.2) is 4.98 Å². The molecule has 1 saturated heterocycles. The summed E-state index contributed by atoms with van der Waals surface area (Å²) in [6, 6.07) is 10.5. The van der Waals surface area contributed by atoms with E-state index in [2.05, 4.69) is 56.7 Å². The number of hydrogen-bond donors (Lipinski definition) is 2. The van der Waals surface area contributed by atoms with Gasteiger partial charge in [0, 0.05) is 45.0 Å². The third-order valence-electron chi connectivity index (χ3n) is 5.31. The highest BCUT2D eigenvalue weighted by Crippen LogP contribution is 2.20. The van der Waals surface area contributed by atoms with Crippen molar-refractivity contribution in [2.45, 2.75) is 45.7 Å². The largest absolute Gasteiger partial charge is 0.496 e. The SMILES string of the molecule is CN=C(NCc1ccc(N2CCCCCC2)nc1)NCc1ccc(C)cc1OC. The van der Waals surface area contributed by atoms with Crippen molar-refractivity contribution in [3.8, 4) is 5.75 Å². The topological polar surface area (TPSA) is 61.8 Å². The molecule has 2 aromatic rings. The van der Waals surface area contributed by atoms with Crippen molar-refractivity contribution in [2.24, 2.45) is 4.99 Å². The maximum atomic E-state index is 5.48. The number of rotatable bonds is 6. The molecule has 0 atom stereocenters. The van der Waals surface area contributed by atoms with E-state index in [0.717, 1.165) is 41.7 Å². The van der Waals surface area contributed by atoms with Crippen LogP contribution in [0.5, 0.6) is 5.75 Å². The fraction of sp³-hybridized carbons (Fsp3) is 0.478. The zero-order valence-corrected chi connectivity index (χ0v) is 17.9. The Bertz CT molecular complexity index is 795. The standard InChI is InChI=1S/C23H33N5O/c1-18-8-10-20(21(14-18)29-3)17-27-23(24-2)26-16-19-9-11-22(25-15-19)28-12-6-4-5-7-13-28/h8-11,14-15H,4-7,12-13,16-17H2,1-3H3,(H2,24,26,27). The van der Waals surface area contributed by atoms with E-state index in [1.54, 1.807) is 14.2 Å². The van der Waals surface area contributed by atoms with Crippen LogP contribution in [0.15, 0.2) is 41.5 Å². The Morgan fingerprint density at radius 1 is 1.07 bits per heavy atom. The molecule has 0 spiro atoms. The van der Waals surface area contributed by atoms with E-state index in [9.17, 15) is 0 Å². The predicted molar refractivity (Wildman–Crippen MR) is 120 cm³/mol. The highest BCUT2D eigenvalue weighted by atomic mass is 16.5. The van der Waals surface area contributed by atoms with Gasteiger partial charge < -0.3 is 20.3 Å². The van der Waals surface area contributed by atoms with Gasteiger partial charge >= 0.3 is 0 Å². The molecular weight excluding hydrogens is 362 g/mol. The van der Waals surface area contributed by atoms with Crippen LogP contribution in [0.4, 0.5) is 5.82 Å². The van der Waals surface area contributed by atoms with E-state index >= 15 is 0 Å². The van der Waals surface area contributed by atoms with E-state index in [1.165, 1.54) is 31.2 Å². The van der Waals surface area contributed by atoms with Crippen LogP contribution in [0, 0.1) is 6.92 Å². The van der Waals surface area contributed by atoms with Crippen LogP contribution < -0.4 is 20.3 Å². The number of methoxy groups -OCH3 is 1. The molecule has 6 nitrogen and oxygen atoms in total. The first-order valence-corrected chi connectivity index (χ1v) is 10.5. The Kier molecular flexibility index (Phi) is 7.73. The Morgan fingerprint density at radius 2 is 1.83 bits per heavy atom. The molecule has 1 aliphatic heterocycles. The molecule has 0 unspecified atom stereocenters. The molecule has 1 aromatic carbocycles. The molecular formula is C23H33N5O. The summed E-state index contributed by atoms with van der Waals surface area (Å²) in [5.74, 6) is 2.73. The lowest BCUT2D eigenvalue weighted by atomic mass is 10.1. The van der Waals surface area contributed by atoms with E-state index in [4.69, 9.17) is 4.74 Å². The first-order valence-electron chi connectivity index (χ1n) is 10.5. The quantitative estimate of drug-likeness (QED) is 0.578. The number of hydrogen-bond acceptors (Lipinski definition) is 4. The summed E-state index contributed by atoms with van der Waals surface area (Å²) in [6.07, 6.45) is 7.15. The summed E-state index contributed by atoms with van der Waals surface area (Å²) < 4.78 is 5.48. The molecule has 0 saturated carbocycles. The number of aliphatic imine (C=N–C) groups is 1. The van der Waals surface area contributed by atoms with Gasteiger partial charge in [0.15, 0.2) is 5.96 Å². The summed E-state index contributed by atoms with van der Waals surface area (Å²) >= 11 is 0. The van der Waals surface area contributed by atoms with E-state index in [-0.39, 0.29) is 0 Å². The molecule has 0 amide bonds. The number of anilines is 1. The van der Waals surface area contributed by atoms with Crippen LogP contribution in [0.3, 0.4) is 0 Å². The minimum atomic E-state index is 0.648. The number of nitrogens with zero attached hydrogens (tertiary/aromatic N) is 3. The summed E-state index contributed by atoms with van der Waals surface area (Å²) in [4.78, 5) is 11.4. The van der Waals surface area contributed by atoms with Crippen LogP contribution in [0.1, 0.15) is 42.4 Å². The molecule has 29 heavy (non-hydrogen) atoms. The normalized spacial score (nSPS) is 15.0. The fourth-order valence-electron chi connectivity index (χ4n) is 3.59. The Labute approximate surface area is 174 Å². The molecule has 0 radical (unpaired) electrons. The average Bonchev–Trinajstić information content (AvgIpc) is 3.04. The average molecular weight is 396 g/mol. The van der Waals surface area contributed by atoms with Crippen molar-refractivity contribution < 1.29 is 4.74 Å². The Morgan fingerprint density at radius 3 is 2.48 bits per heavy atom. The molecule has 2 N–H and O–H groups in total. The lowest BCUT2D eigenvalue weighted by Gasteiger charge is -2.21. The van der Waals surface area contributed by atoms with Crippen molar-refractivity contribution in [3.05, 3.63) is 53.2 Å². The zero-order valence-electron chi connectivity index (χ0n) is 17.9. The Hall–Kier alpha value is -2.76. The highest BCUT2D eigenvalue weighted by molar-refractivity contribution is 5.79. The molecule has 0 bridgehead atoms. The van der Waals surface area contributed by atoms with E-state index < -0.39 is 0 Å². The molecule has 3 rings (SSSR count). The maximum absolute atomic E-state index is 5.48. The van der Waals surface area contributed by atoms with Gasteiger partial charge in [0.05, 0.1) is 7.11 Å². The number of nitrogens with one attached hydrogen (secondary N) is 2. The van der Waals surface area contributed by atoms with Gasteiger partial charge in [-0.1, -0.05) is 31.0 Å². The first-order chi connectivity index (χ1) is 14.2. The smallest absolute Gasteiger partial charge is 0.191 e. The second-order valence-corrected chi connectivity index (χ2v) is 7.52. The molecule has 1 aliphatic rings. The van der Waals surface area contributed by atoms with E-state index in [1.807, 2.05) is 12.3 Å². The lowest BCUT2D eigenvalue weighted by Crippen LogP contribution is -2.36. The number of guanidine groups is 1. The van der Waals surface area contributed by atoms with Crippen LogP contribution in [0.25, 0.3) is 0 Å². The van der Waals surface area contributed by atoms with E-state index in [0.29, 0.717) is 13.1 Å². The third-order valence-corrected chi connectivity index (χ3v) is 5.31. The summed E-state index contributed by atoms with van der Waals surface area (Å²) in [5, 5.41) is 6.71. The molecule has 6 heteroatoms. The second kappa shape index (κ2) is 10.7. The third kappa shape index (κ3) is 6.11. The monoisotopic (exact) mass is 395 g/mol. The van der Waals surface area contributed by atoms with Crippen molar-refractivity contribution in [2.75, 3.05) is 32.1 Å². The second-order valence-electron chi connectivity index (χ2n) is 7.52. The van der Waals surface area contributed by atoms with Gasteiger partial charge in [-0.2, -0.15) is 0 Å². The summed E-state index contributed by atoms with van der Waals surface area (Å²) in [7, 11) is 3.48. The number of aromatic nitrogens is 1. The lowest BCUT2D eigenvalue weighted by molar-refractivity contribution is 0.408. The summed E-state index contributed by atoms with van der Waals surface area (Å²) in [6.45, 7) is 5.62. The van der Waals surface area contributed by atoms with Crippen LogP contribution in [-0.2, 0) is 13.1 Å². The predicted octanol–water partition coefficient (Wildman–Crippen LogP) is 3.64.